The molecule has 0 aliphatic rings. The molecule has 78 valence electrons. The number of hydrogen-bond donors (Lipinski definition) is 1. The maximum atomic E-state index is 11.5. The summed E-state index contributed by atoms with van der Waals surface area (Å²) in [6.07, 6.45) is 0. The van der Waals surface area contributed by atoms with Crippen LogP contribution in [0.15, 0.2) is 0 Å². The Balaban J connectivity index is 4.68. The van der Waals surface area contributed by atoms with Crippen molar-refractivity contribution in [3.63, 3.8) is 0 Å². The highest BCUT2D eigenvalue weighted by Gasteiger charge is 2.25. The molecule has 6 heteroatoms. The summed E-state index contributed by atoms with van der Waals surface area (Å²) in [4.78, 5) is 10.3. The summed E-state index contributed by atoms with van der Waals surface area (Å²) in [6.45, 7) is 4.40. The van der Waals surface area contributed by atoms with Crippen molar-refractivity contribution >= 4 is 16.0 Å². The van der Waals surface area contributed by atoms with Crippen molar-refractivity contribution in [2.45, 2.75) is 26.0 Å². The predicted molar refractivity (Wildman–Crippen MR) is 48.9 cm³/mol. The van der Waals surface area contributed by atoms with Crippen molar-refractivity contribution in [1.82, 2.24) is 4.31 Å². The van der Waals surface area contributed by atoms with Crippen LogP contribution in [-0.4, -0.2) is 42.1 Å². The molecule has 0 amide bonds. The molecule has 0 aromatic carbocycles. The van der Waals surface area contributed by atoms with Crippen molar-refractivity contribution < 1.29 is 18.3 Å². The van der Waals surface area contributed by atoms with Crippen LogP contribution < -0.4 is 0 Å². The lowest BCUT2D eigenvalue weighted by Crippen LogP contribution is -2.39. The van der Waals surface area contributed by atoms with Crippen LogP contribution in [0.25, 0.3) is 0 Å². The van der Waals surface area contributed by atoms with Gasteiger partial charge in [0.05, 0.1) is 5.25 Å². The SMILES string of the molecule is CCN(CC(=O)O)S(=O)(=O)C(C)C. The van der Waals surface area contributed by atoms with Crippen LogP contribution in [-0.2, 0) is 14.8 Å². The first kappa shape index (κ1) is 12.4. The molecular formula is C7H15NO4S. The van der Waals surface area contributed by atoms with E-state index >= 15 is 0 Å². The van der Waals surface area contributed by atoms with E-state index in [2.05, 4.69) is 0 Å². The Kier molecular flexibility index (Phi) is 4.35. The Morgan fingerprint density at radius 2 is 1.92 bits per heavy atom. The Bertz CT molecular complexity index is 270. The molecule has 0 rings (SSSR count). The fourth-order valence-electron chi connectivity index (χ4n) is 0.831. The van der Waals surface area contributed by atoms with Gasteiger partial charge in [-0.3, -0.25) is 4.79 Å². The number of aliphatic carboxylic acids is 1. The lowest BCUT2D eigenvalue weighted by atomic mass is 10.6. The smallest absolute Gasteiger partial charge is 0.318 e. The van der Waals surface area contributed by atoms with E-state index in [4.69, 9.17) is 5.11 Å². The van der Waals surface area contributed by atoms with Gasteiger partial charge < -0.3 is 5.11 Å². The first-order valence-electron chi connectivity index (χ1n) is 4.03. The third kappa shape index (κ3) is 3.31. The molecule has 0 fully saturated rings. The molecular weight excluding hydrogens is 194 g/mol. The van der Waals surface area contributed by atoms with Crippen LogP contribution >= 0.6 is 0 Å². The van der Waals surface area contributed by atoms with Gasteiger partial charge in [0, 0.05) is 6.54 Å². The minimum absolute atomic E-state index is 0.187. The zero-order valence-corrected chi connectivity index (χ0v) is 8.84. The average Bonchev–Trinajstić information content (AvgIpc) is 1.99. The van der Waals surface area contributed by atoms with Gasteiger partial charge in [0.2, 0.25) is 10.0 Å². The van der Waals surface area contributed by atoms with Gasteiger partial charge in [0.15, 0.2) is 0 Å². The van der Waals surface area contributed by atoms with E-state index in [0.717, 1.165) is 4.31 Å². The summed E-state index contributed by atoms with van der Waals surface area (Å²) in [6, 6.07) is 0. The molecule has 1 N–H and O–H groups in total. The summed E-state index contributed by atoms with van der Waals surface area (Å²) < 4.78 is 23.9. The largest absolute Gasteiger partial charge is 0.480 e. The first-order chi connectivity index (χ1) is 5.82. The topological polar surface area (TPSA) is 74.7 Å². The third-order valence-electron chi connectivity index (χ3n) is 1.62. The number of rotatable bonds is 5. The second kappa shape index (κ2) is 4.57. The van der Waals surface area contributed by atoms with Gasteiger partial charge in [-0.1, -0.05) is 6.92 Å². The molecule has 13 heavy (non-hydrogen) atoms. The quantitative estimate of drug-likeness (QED) is 0.698. The molecule has 0 aliphatic heterocycles. The van der Waals surface area contributed by atoms with Crippen molar-refractivity contribution in [3.05, 3.63) is 0 Å². The lowest BCUT2D eigenvalue weighted by molar-refractivity contribution is -0.137. The van der Waals surface area contributed by atoms with Crippen molar-refractivity contribution in [2.75, 3.05) is 13.1 Å². The maximum absolute atomic E-state index is 11.5. The van der Waals surface area contributed by atoms with Crippen LogP contribution in [0.4, 0.5) is 0 Å². The summed E-state index contributed by atoms with van der Waals surface area (Å²) in [5.41, 5.74) is 0. The standard InChI is InChI=1S/C7H15NO4S/c1-4-8(5-7(9)10)13(11,12)6(2)3/h6H,4-5H2,1-3H3,(H,9,10). The second-order valence-electron chi connectivity index (χ2n) is 2.91. The number of sulfonamides is 1. The van der Waals surface area contributed by atoms with Crippen molar-refractivity contribution in [1.29, 1.82) is 0 Å². The molecule has 0 bridgehead atoms. The minimum Gasteiger partial charge on any atom is -0.480 e. The summed E-state index contributed by atoms with van der Waals surface area (Å²) >= 11 is 0. The Labute approximate surface area is 78.4 Å². The van der Waals surface area contributed by atoms with Gasteiger partial charge in [-0.05, 0) is 13.8 Å². The normalized spacial score (nSPS) is 12.4. The summed E-state index contributed by atoms with van der Waals surface area (Å²) in [7, 11) is -3.43. The molecule has 0 spiro atoms. The van der Waals surface area contributed by atoms with E-state index in [-0.39, 0.29) is 6.54 Å². The summed E-state index contributed by atoms with van der Waals surface area (Å²) in [5.74, 6) is -1.13. The molecule has 5 nitrogen and oxygen atoms in total. The number of carboxylic acid groups (broad SMARTS) is 1. The van der Waals surface area contributed by atoms with E-state index in [1.54, 1.807) is 6.92 Å². The van der Waals surface area contributed by atoms with E-state index < -0.39 is 27.8 Å². The molecule has 0 saturated carbocycles. The number of likely N-dealkylation sites (N-methyl/N-ethyl adjacent to an activating group) is 1. The number of hydrogen-bond acceptors (Lipinski definition) is 3. The van der Waals surface area contributed by atoms with E-state index in [0.29, 0.717) is 0 Å². The first-order valence-corrected chi connectivity index (χ1v) is 5.53. The molecule has 0 saturated heterocycles. The Morgan fingerprint density at radius 3 is 2.15 bits per heavy atom. The Hall–Kier alpha value is -0.620. The molecule has 0 unspecified atom stereocenters. The summed E-state index contributed by atoms with van der Waals surface area (Å²) in [5, 5.41) is 7.88. The highest BCUT2D eigenvalue weighted by molar-refractivity contribution is 7.89. The van der Waals surface area contributed by atoms with Crippen LogP contribution in [0.1, 0.15) is 20.8 Å². The number of carboxylic acids is 1. The lowest BCUT2D eigenvalue weighted by Gasteiger charge is -2.20. The Morgan fingerprint density at radius 1 is 1.46 bits per heavy atom. The monoisotopic (exact) mass is 209 g/mol. The molecule has 0 aliphatic carbocycles. The minimum atomic E-state index is -3.43. The molecule has 0 atom stereocenters. The average molecular weight is 209 g/mol. The number of nitrogens with zero attached hydrogens (tertiary/aromatic N) is 1. The second-order valence-corrected chi connectivity index (χ2v) is 5.40. The van der Waals surface area contributed by atoms with E-state index in [9.17, 15) is 13.2 Å². The fourth-order valence-corrected chi connectivity index (χ4v) is 2.08. The van der Waals surface area contributed by atoms with Crippen LogP contribution in [0.3, 0.4) is 0 Å². The molecule has 0 radical (unpaired) electrons. The highest BCUT2D eigenvalue weighted by Crippen LogP contribution is 2.07. The zero-order chi connectivity index (χ0) is 10.6. The van der Waals surface area contributed by atoms with Gasteiger partial charge in [-0.2, -0.15) is 4.31 Å². The van der Waals surface area contributed by atoms with Gasteiger partial charge in [0.25, 0.3) is 0 Å². The zero-order valence-electron chi connectivity index (χ0n) is 8.02. The van der Waals surface area contributed by atoms with Crippen LogP contribution in [0, 0.1) is 0 Å². The van der Waals surface area contributed by atoms with Gasteiger partial charge in [0.1, 0.15) is 6.54 Å². The molecule has 0 aromatic heterocycles. The van der Waals surface area contributed by atoms with Gasteiger partial charge in [-0.25, -0.2) is 8.42 Å². The van der Waals surface area contributed by atoms with Gasteiger partial charge >= 0.3 is 5.97 Å². The van der Waals surface area contributed by atoms with Crippen LogP contribution in [0.5, 0.6) is 0 Å². The maximum Gasteiger partial charge on any atom is 0.318 e. The molecule has 0 aromatic rings. The predicted octanol–water partition coefficient (Wildman–Crippen LogP) is 0.131. The third-order valence-corrected chi connectivity index (χ3v) is 3.92. The van der Waals surface area contributed by atoms with E-state index in [1.807, 2.05) is 0 Å². The highest BCUT2D eigenvalue weighted by atomic mass is 32.2. The fraction of sp³-hybridized carbons (Fsp3) is 0.857. The van der Waals surface area contributed by atoms with Crippen LogP contribution in [0.2, 0.25) is 0 Å². The number of carbonyl (C=O) groups is 1. The molecule has 0 heterocycles. The van der Waals surface area contributed by atoms with Gasteiger partial charge in [-0.15, -0.1) is 0 Å². The van der Waals surface area contributed by atoms with Crippen molar-refractivity contribution in [2.24, 2.45) is 0 Å². The van der Waals surface area contributed by atoms with Crippen molar-refractivity contribution in [3.8, 4) is 0 Å². The van der Waals surface area contributed by atoms with E-state index in [1.165, 1.54) is 13.8 Å².